The van der Waals surface area contributed by atoms with Crippen molar-refractivity contribution in [2.75, 3.05) is 12.8 Å². The predicted molar refractivity (Wildman–Crippen MR) is 53.4 cm³/mol. The van der Waals surface area contributed by atoms with Gasteiger partial charge in [-0.1, -0.05) is 0 Å². The molecule has 15 heavy (non-hydrogen) atoms. The number of ether oxygens (including phenoxy) is 1. The van der Waals surface area contributed by atoms with E-state index in [1.54, 1.807) is 6.66 Å². The molecule has 0 bridgehead atoms. The maximum atomic E-state index is 9.52. The maximum Gasteiger partial charge on any atom is 0.183 e. The first-order valence-corrected chi connectivity index (χ1v) is 6.64. The van der Waals surface area contributed by atoms with E-state index in [4.69, 9.17) is 9.63 Å². The fraction of sp³-hybridized carbons (Fsp3) is 1.00. The zero-order chi connectivity index (χ0) is 11.6. The summed E-state index contributed by atoms with van der Waals surface area (Å²) in [5.41, 5.74) is 0. The van der Waals surface area contributed by atoms with Crippen LogP contribution in [0, 0.1) is 0 Å². The number of hydrogen-bond donors (Lipinski definition) is 5. The van der Waals surface area contributed by atoms with Crippen LogP contribution in [0.25, 0.3) is 0 Å². The van der Waals surface area contributed by atoms with Gasteiger partial charge in [-0.2, -0.15) is 0 Å². The minimum atomic E-state index is -1.49. The zero-order valence-corrected chi connectivity index (χ0v) is 9.29. The van der Waals surface area contributed by atoms with Crippen LogP contribution in [-0.2, 0) is 4.74 Å². The third-order valence-electron chi connectivity index (χ3n) is 2.42. The van der Waals surface area contributed by atoms with E-state index in [1.807, 2.05) is 0 Å². The number of aliphatic hydroxyl groups is 4. The second kappa shape index (κ2) is 5.50. The molecular formula is C8H17O6P. The number of aliphatic hydroxyl groups excluding tert-OH is 4. The molecule has 1 heterocycles. The molecular weight excluding hydrogens is 223 g/mol. The van der Waals surface area contributed by atoms with E-state index in [-0.39, 0.29) is 0 Å². The molecule has 1 fully saturated rings. The minimum absolute atomic E-state index is 0.334. The molecule has 0 aromatic carbocycles. The first-order valence-electron chi connectivity index (χ1n) is 4.71. The third-order valence-corrected chi connectivity index (χ3v) is 3.33. The molecule has 0 spiro atoms. The highest BCUT2D eigenvalue weighted by Crippen LogP contribution is 2.29. The Labute approximate surface area is 89.0 Å². The second-order valence-corrected chi connectivity index (χ2v) is 5.47. The van der Waals surface area contributed by atoms with Gasteiger partial charge >= 0.3 is 0 Å². The molecule has 0 amide bonds. The van der Waals surface area contributed by atoms with E-state index < -0.39 is 38.9 Å². The summed E-state index contributed by atoms with van der Waals surface area (Å²) in [6.07, 6.45) is -5.61. The average molecular weight is 240 g/mol. The van der Waals surface area contributed by atoms with Gasteiger partial charge in [0.15, 0.2) is 6.29 Å². The maximum absolute atomic E-state index is 9.52. The van der Waals surface area contributed by atoms with Crippen molar-refractivity contribution >= 4 is 8.15 Å². The summed E-state index contributed by atoms with van der Waals surface area (Å²) in [4.78, 5) is 9.11. The van der Waals surface area contributed by atoms with Crippen molar-refractivity contribution in [1.82, 2.24) is 0 Å². The Hall–Kier alpha value is 0.190. The molecule has 90 valence electrons. The smallest absolute Gasteiger partial charge is 0.183 e. The van der Waals surface area contributed by atoms with Gasteiger partial charge in [0, 0.05) is 8.15 Å². The van der Waals surface area contributed by atoms with Crippen molar-refractivity contribution in [3.63, 3.8) is 0 Å². The second-order valence-electron chi connectivity index (χ2n) is 3.71. The van der Waals surface area contributed by atoms with E-state index in [1.165, 1.54) is 0 Å². The van der Waals surface area contributed by atoms with Gasteiger partial charge in [-0.15, -0.1) is 0 Å². The lowest BCUT2D eigenvalue weighted by Gasteiger charge is -2.38. The normalized spacial score (nSPS) is 44.0. The Morgan fingerprint density at radius 3 is 2.20 bits per heavy atom. The standard InChI is InChI=1S/C8H17O6P/c1-15(13)3-2-4-5(9)6(10)7(11)8(12)14-4/h4-13H,2-3H2,1H3/t4?,5-,6?,7?,8+,15?/m1/s1. The summed E-state index contributed by atoms with van der Waals surface area (Å²) in [5.74, 6) is 0. The van der Waals surface area contributed by atoms with Gasteiger partial charge in [0.2, 0.25) is 0 Å². The van der Waals surface area contributed by atoms with E-state index in [0.29, 0.717) is 12.6 Å². The Bertz CT molecular complexity index is 202. The molecule has 0 saturated carbocycles. The molecule has 1 aliphatic heterocycles. The molecule has 0 radical (unpaired) electrons. The minimum Gasteiger partial charge on any atom is -0.388 e. The highest BCUT2D eigenvalue weighted by molar-refractivity contribution is 7.50. The Morgan fingerprint density at radius 1 is 1.07 bits per heavy atom. The molecule has 0 aromatic heterocycles. The monoisotopic (exact) mass is 240 g/mol. The highest BCUT2D eigenvalue weighted by Gasteiger charge is 2.42. The van der Waals surface area contributed by atoms with Gasteiger partial charge in [0.25, 0.3) is 0 Å². The predicted octanol–water partition coefficient (Wildman–Crippen LogP) is -1.80. The summed E-state index contributed by atoms with van der Waals surface area (Å²) in [7, 11) is -1.10. The summed E-state index contributed by atoms with van der Waals surface area (Å²) in [5, 5.41) is 37.3. The van der Waals surface area contributed by atoms with Crippen molar-refractivity contribution in [3.05, 3.63) is 0 Å². The van der Waals surface area contributed by atoms with Crippen molar-refractivity contribution < 1.29 is 30.1 Å². The summed E-state index contributed by atoms with van der Waals surface area (Å²) in [6, 6.07) is 0. The van der Waals surface area contributed by atoms with Gasteiger partial charge in [0.1, 0.15) is 18.3 Å². The molecule has 6 nitrogen and oxygen atoms in total. The largest absolute Gasteiger partial charge is 0.388 e. The summed E-state index contributed by atoms with van der Waals surface area (Å²) in [6.45, 7) is 1.66. The Balaban J connectivity index is 2.51. The molecule has 0 aliphatic carbocycles. The number of rotatable bonds is 3. The van der Waals surface area contributed by atoms with Crippen LogP contribution < -0.4 is 0 Å². The molecule has 5 N–H and O–H groups in total. The SMILES string of the molecule is CP(O)CCC1O[C@H](O)C(O)C(O)[C@@H]1O. The van der Waals surface area contributed by atoms with Gasteiger partial charge in [-0.05, 0) is 19.2 Å². The van der Waals surface area contributed by atoms with Crippen LogP contribution in [0.5, 0.6) is 0 Å². The molecule has 6 atom stereocenters. The molecule has 4 unspecified atom stereocenters. The van der Waals surface area contributed by atoms with Crippen molar-refractivity contribution in [1.29, 1.82) is 0 Å². The topological polar surface area (TPSA) is 110 Å². The van der Waals surface area contributed by atoms with Crippen molar-refractivity contribution in [2.45, 2.75) is 37.1 Å². The van der Waals surface area contributed by atoms with E-state index in [9.17, 15) is 20.4 Å². The molecule has 0 aromatic rings. The molecule has 1 saturated heterocycles. The Kier molecular flexibility index (Phi) is 4.86. The van der Waals surface area contributed by atoms with Crippen LogP contribution in [-0.4, -0.2) is 68.9 Å². The van der Waals surface area contributed by atoms with Gasteiger partial charge in [0.05, 0.1) is 6.10 Å². The first-order chi connectivity index (χ1) is 6.93. The number of hydrogen-bond acceptors (Lipinski definition) is 6. The van der Waals surface area contributed by atoms with Gasteiger partial charge in [-0.3, -0.25) is 0 Å². The Morgan fingerprint density at radius 2 is 1.67 bits per heavy atom. The van der Waals surface area contributed by atoms with Gasteiger partial charge in [-0.25, -0.2) is 0 Å². The summed E-state index contributed by atoms with van der Waals surface area (Å²) < 4.78 is 4.93. The lowest BCUT2D eigenvalue weighted by Crippen LogP contribution is -2.57. The van der Waals surface area contributed by atoms with E-state index in [2.05, 4.69) is 0 Å². The van der Waals surface area contributed by atoms with E-state index in [0.717, 1.165) is 0 Å². The van der Waals surface area contributed by atoms with E-state index >= 15 is 0 Å². The van der Waals surface area contributed by atoms with Crippen LogP contribution in [0.4, 0.5) is 0 Å². The van der Waals surface area contributed by atoms with Crippen molar-refractivity contribution in [2.24, 2.45) is 0 Å². The summed E-state index contributed by atoms with van der Waals surface area (Å²) >= 11 is 0. The quantitative estimate of drug-likeness (QED) is 0.372. The van der Waals surface area contributed by atoms with Crippen LogP contribution >= 0.6 is 8.15 Å². The fourth-order valence-electron chi connectivity index (χ4n) is 1.48. The fourth-order valence-corrected chi connectivity index (χ4v) is 2.11. The van der Waals surface area contributed by atoms with Crippen molar-refractivity contribution in [3.8, 4) is 0 Å². The zero-order valence-electron chi connectivity index (χ0n) is 8.39. The van der Waals surface area contributed by atoms with Crippen LogP contribution in [0.3, 0.4) is 0 Å². The van der Waals surface area contributed by atoms with Crippen LogP contribution in [0.15, 0.2) is 0 Å². The lowest BCUT2D eigenvalue weighted by atomic mass is 9.97. The van der Waals surface area contributed by atoms with Crippen LogP contribution in [0.2, 0.25) is 0 Å². The molecule has 1 aliphatic rings. The van der Waals surface area contributed by atoms with Gasteiger partial charge < -0.3 is 30.1 Å². The molecule has 1 rings (SSSR count). The molecule has 7 heteroatoms. The average Bonchev–Trinajstić information content (AvgIpc) is 2.18. The first kappa shape index (κ1) is 13.3. The lowest BCUT2D eigenvalue weighted by molar-refractivity contribution is -0.281. The third kappa shape index (κ3) is 3.32. The highest BCUT2D eigenvalue weighted by atomic mass is 31.1. The van der Waals surface area contributed by atoms with Crippen LogP contribution in [0.1, 0.15) is 6.42 Å².